The summed E-state index contributed by atoms with van der Waals surface area (Å²) in [6.07, 6.45) is 19.3. The van der Waals surface area contributed by atoms with Gasteiger partial charge in [0.1, 0.15) is 12.2 Å². The Hall–Kier alpha value is -2.10. The van der Waals surface area contributed by atoms with E-state index in [1.54, 1.807) is 0 Å². The summed E-state index contributed by atoms with van der Waals surface area (Å²) in [7, 11) is 0. The predicted octanol–water partition coefficient (Wildman–Crippen LogP) is 4.63. The van der Waals surface area contributed by atoms with Crippen molar-refractivity contribution in [2.24, 2.45) is 47.3 Å². The van der Waals surface area contributed by atoms with E-state index >= 15 is 0 Å². The molecule has 0 heterocycles. The summed E-state index contributed by atoms with van der Waals surface area (Å²) < 4.78 is 10.8. The van der Waals surface area contributed by atoms with Crippen molar-refractivity contribution in [2.45, 2.75) is 50.7 Å². The van der Waals surface area contributed by atoms with Crippen LogP contribution in [0, 0.1) is 47.3 Å². The third kappa shape index (κ3) is 3.29. The molecule has 0 aromatic rings. The van der Waals surface area contributed by atoms with Crippen LogP contribution in [0.4, 0.5) is 0 Å². The Balaban J connectivity index is 0.000000128. The molecule has 0 N–H and O–H groups in total. The number of hydrogen-bond donors (Lipinski definition) is 0. The third-order valence-electron chi connectivity index (χ3n) is 8.76. The van der Waals surface area contributed by atoms with Gasteiger partial charge in [-0.25, -0.2) is 9.59 Å². The molecule has 6 aliphatic rings. The van der Waals surface area contributed by atoms with E-state index in [1.807, 2.05) is 0 Å². The monoisotopic (exact) mass is 408 g/mol. The van der Waals surface area contributed by atoms with Crippen molar-refractivity contribution >= 4 is 11.9 Å². The Morgan fingerprint density at radius 2 is 1.27 bits per heavy atom. The summed E-state index contributed by atoms with van der Waals surface area (Å²) >= 11 is 0. The second-order valence-corrected chi connectivity index (χ2v) is 9.96. The molecule has 6 aliphatic carbocycles. The fraction of sp³-hybridized carbons (Fsp3) is 0.615. The third-order valence-corrected chi connectivity index (χ3v) is 8.76. The molecule has 0 radical (unpaired) electrons. The van der Waals surface area contributed by atoms with Crippen molar-refractivity contribution in [3.05, 3.63) is 49.6 Å². The zero-order chi connectivity index (χ0) is 20.8. The molecule has 0 amide bonds. The molecule has 0 aromatic heterocycles. The van der Waals surface area contributed by atoms with Gasteiger partial charge in [-0.2, -0.15) is 0 Å². The van der Waals surface area contributed by atoms with Gasteiger partial charge in [-0.05, 0) is 80.0 Å². The molecule has 10 atom stereocenters. The molecule has 6 rings (SSSR count). The molecule has 4 bridgehead atoms. The topological polar surface area (TPSA) is 52.6 Å². The van der Waals surface area contributed by atoms with Crippen LogP contribution in [0.15, 0.2) is 49.6 Å². The van der Waals surface area contributed by atoms with Crippen LogP contribution in [0.5, 0.6) is 0 Å². The fourth-order valence-corrected chi connectivity index (χ4v) is 7.65. The molecule has 0 aliphatic heterocycles. The smallest absolute Gasteiger partial charge is 0.330 e. The Bertz CT molecular complexity index is 795. The Kier molecular flexibility index (Phi) is 5.20. The Morgan fingerprint density at radius 1 is 0.700 bits per heavy atom. The van der Waals surface area contributed by atoms with Gasteiger partial charge in [0.15, 0.2) is 0 Å². The maximum atomic E-state index is 11.2. The molecule has 160 valence electrons. The van der Waals surface area contributed by atoms with Crippen LogP contribution in [0.25, 0.3) is 0 Å². The second-order valence-electron chi connectivity index (χ2n) is 9.96. The van der Waals surface area contributed by atoms with E-state index in [-0.39, 0.29) is 24.1 Å². The minimum Gasteiger partial charge on any atom is -0.459 e. The van der Waals surface area contributed by atoms with Crippen LogP contribution >= 0.6 is 0 Å². The molecule has 10 unspecified atom stereocenters. The summed E-state index contributed by atoms with van der Waals surface area (Å²) in [6.45, 7) is 6.89. The number of fused-ring (bicyclic) bond motifs is 10. The van der Waals surface area contributed by atoms with Crippen molar-refractivity contribution in [3.8, 4) is 0 Å². The first-order chi connectivity index (χ1) is 14.6. The number of esters is 2. The van der Waals surface area contributed by atoms with Crippen molar-refractivity contribution in [2.75, 3.05) is 0 Å². The minimum atomic E-state index is -0.258. The van der Waals surface area contributed by atoms with Crippen molar-refractivity contribution in [1.82, 2.24) is 0 Å². The number of carbonyl (C=O) groups excluding carboxylic acids is 2. The number of carbonyl (C=O) groups is 2. The maximum absolute atomic E-state index is 11.2. The highest BCUT2D eigenvalue weighted by Crippen LogP contribution is 2.58. The van der Waals surface area contributed by atoms with Gasteiger partial charge in [0.2, 0.25) is 0 Å². The molecular formula is C26H32O4. The highest BCUT2D eigenvalue weighted by molar-refractivity contribution is 5.81. The van der Waals surface area contributed by atoms with Crippen LogP contribution in [0.3, 0.4) is 0 Å². The molecule has 0 saturated heterocycles. The van der Waals surface area contributed by atoms with Crippen molar-refractivity contribution in [1.29, 1.82) is 0 Å². The second kappa shape index (κ2) is 7.86. The molecular weight excluding hydrogens is 376 g/mol. The molecule has 0 aromatic carbocycles. The first kappa shape index (κ1) is 19.8. The van der Waals surface area contributed by atoms with Crippen LogP contribution < -0.4 is 0 Å². The van der Waals surface area contributed by atoms with E-state index in [4.69, 9.17) is 9.47 Å². The lowest BCUT2D eigenvalue weighted by atomic mass is 9.80. The van der Waals surface area contributed by atoms with Crippen LogP contribution in [-0.2, 0) is 19.1 Å². The molecule has 0 spiro atoms. The standard InChI is InChI=1S/2C13H16O2/c2*1-2-13(14)15-12-7-8-6-11(12)10-5-3-4-9(8)10/h2-3,5,8-12H,1,4,6-7H2;2-4,8-12H,1,5-7H2. The number of hydrogen-bond acceptors (Lipinski definition) is 4. The van der Waals surface area contributed by atoms with E-state index in [2.05, 4.69) is 37.5 Å². The zero-order valence-electron chi connectivity index (χ0n) is 17.5. The van der Waals surface area contributed by atoms with Gasteiger partial charge in [0.25, 0.3) is 0 Å². The average molecular weight is 409 g/mol. The summed E-state index contributed by atoms with van der Waals surface area (Å²) in [4.78, 5) is 22.4. The normalized spacial score (nSPS) is 45.5. The molecule has 4 heteroatoms. The Morgan fingerprint density at radius 3 is 1.97 bits per heavy atom. The molecule has 4 nitrogen and oxygen atoms in total. The minimum absolute atomic E-state index is 0.157. The van der Waals surface area contributed by atoms with Crippen LogP contribution in [-0.4, -0.2) is 24.1 Å². The summed E-state index contributed by atoms with van der Waals surface area (Å²) in [6, 6.07) is 0. The SMILES string of the molecule is C=CC(=O)OC1CC2CC1C1C=CCC21.C=CC(=O)OC1CC2CC1C1CC=CC21. The lowest BCUT2D eigenvalue weighted by Gasteiger charge is -2.30. The Labute approximate surface area is 179 Å². The first-order valence-corrected chi connectivity index (χ1v) is 11.6. The molecule has 4 fully saturated rings. The zero-order valence-corrected chi connectivity index (χ0v) is 17.5. The van der Waals surface area contributed by atoms with Gasteiger partial charge in [0.05, 0.1) is 0 Å². The summed E-state index contributed by atoms with van der Waals surface area (Å²) in [5, 5.41) is 0. The molecule has 4 saturated carbocycles. The van der Waals surface area contributed by atoms with Gasteiger partial charge in [-0.1, -0.05) is 37.5 Å². The summed E-state index contributed by atoms with van der Waals surface area (Å²) in [5.41, 5.74) is 0. The van der Waals surface area contributed by atoms with E-state index in [9.17, 15) is 9.59 Å². The van der Waals surface area contributed by atoms with Crippen molar-refractivity contribution in [3.63, 3.8) is 0 Å². The lowest BCUT2D eigenvalue weighted by Crippen LogP contribution is -2.31. The average Bonchev–Trinajstić information content (AvgIpc) is 3.55. The highest BCUT2D eigenvalue weighted by Gasteiger charge is 2.54. The van der Waals surface area contributed by atoms with Gasteiger partial charge < -0.3 is 9.47 Å². The fourth-order valence-electron chi connectivity index (χ4n) is 7.65. The maximum Gasteiger partial charge on any atom is 0.330 e. The van der Waals surface area contributed by atoms with E-state index in [1.165, 1.54) is 37.8 Å². The number of rotatable bonds is 4. The van der Waals surface area contributed by atoms with Gasteiger partial charge in [-0.15, -0.1) is 0 Å². The summed E-state index contributed by atoms with van der Waals surface area (Å²) in [5.74, 6) is 5.32. The highest BCUT2D eigenvalue weighted by atomic mass is 16.5. The first-order valence-electron chi connectivity index (χ1n) is 11.6. The van der Waals surface area contributed by atoms with Crippen LogP contribution in [0.2, 0.25) is 0 Å². The van der Waals surface area contributed by atoms with E-state index in [0.29, 0.717) is 17.8 Å². The van der Waals surface area contributed by atoms with E-state index < -0.39 is 0 Å². The van der Waals surface area contributed by atoms with Crippen molar-refractivity contribution < 1.29 is 19.1 Å². The molecule has 30 heavy (non-hydrogen) atoms. The largest absolute Gasteiger partial charge is 0.459 e. The van der Waals surface area contributed by atoms with Gasteiger partial charge >= 0.3 is 11.9 Å². The lowest BCUT2D eigenvalue weighted by molar-refractivity contribution is -0.147. The predicted molar refractivity (Wildman–Crippen MR) is 114 cm³/mol. The van der Waals surface area contributed by atoms with Crippen LogP contribution in [0.1, 0.15) is 38.5 Å². The number of allylic oxidation sites excluding steroid dienone is 4. The quantitative estimate of drug-likeness (QED) is 0.387. The van der Waals surface area contributed by atoms with E-state index in [0.717, 1.165) is 42.4 Å². The van der Waals surface area contributed by atoms with Gasteiger partial charge in [-0.3, -0.25) is 0 Å². The van der Waals surface area contributed by atoms with Gasteiger partial charge in [0, 0.05) is 18.1 Å². The number of ether oxygens (including phenoxy) is 2.